The van der Waals surface area contributed by atoms with Crippen LogP contribution in [0, 0.1) is 5.92 Å². The molecule has 6 nitrogen and oxygen atoms in total. The molecule has 0 saturated carbocycles. The van der Waals surface area contributed by atoms with E-state index in [1.165, 1.54) is 26.4 Å². The fourth-order valence-corrected chi connectivity index (χ4v) is 3.90. The van der Waals surface area contributed by atoms with Crippen molar-refractivity contribution in [2.75, 3.05) is 14.2 Å². The first-order chi connectivity index (χ1) is 16.4. The van der Waals surface area contributed by atoms with Gasteiger partial charge in [-0.25, -0.2) is 0 Å². The summed E-state index contributed by atoms with van der Waals surface area (Å²) >= 11 is 0. The summed E-state index contributed by atoms with van der Waals surface area (Å²) in [7, 11) is 2.95. The summed E-state index contributed by atoms with van der Waals surface area (Å²) in [6, 6.07) is 19.5. The second kappa shape index (κ2) is 11.9. The Kier molecular flexibility index (Phi) is 8.68. The fourth-order valence-electron chi connectivity index (χ4n) is 3.90. The van der Waals surface area contributed by atoms with Crippen LogP contribution >= 0.6 is 0 Å². The third-order valence-corrected chi connectivity index (χ3v) is 5.87. The molecule has 0 unspecified atom stereocenters. The number of carbonyl (C=O) groups excluding carboxylic acids is 2. The Balaban J connectivity index is 1.70. The molecule has 178 valence electrons. The molecule has 0 aliphatic carbocycles. The maximum atomic E-state index is 13.2. The van der Waals surface area contributed by atoms with Gasteiger partial charge in [-0.3, -0.25) is 9.59 Å². The summed E-state index contributed by atoms with van der Waals surface area (Å²) in [5, 5.41) is 19.6. The Morgan fingerprint density at radius 1 is 0.706 bits per heavy atom. The highest BCUT2D eigenvalue weighted by atomic mass is 16.5. The van der Waals surface area contributed by atoms with Crippen LogP contribution in [-0.2, 0) is 28.9 Å². The summed E-state index contributed by atoms with van der Waals surface area (Å²) in [5.41, 5.74) is 2.64. The highest BCUT2D eigenvalue weighted by Gasteiger charge is 2.26. The van der Waals surface area contributed by atoms with E-state index < -0.39 is 5.92 Å². The number of rotatable bonds is 12. The number of hydrogen-bond acceptors (Lipinski definition) is 6. The van der Waals surface area contributed by atoms with E-state index >= 15 is 0 Å². The van der Waals surface area contributed by atoms with E-state index in [1.807, 2.05) is 30.3 Å². The van der Waals surface area contributed by atoms with Gasteiger partial charge in [0, 0.05) is 12.8 Å². The van der Waals surface area contributed by atoms with Crippen LogP contribution in [-0.4, -0.2) is 36.0 Å². The lowest BCUT2D eigenvalue weighted by Gasteiger charge is -2.16. The van der Waals surface area contributed by atoms with Crippen LogP contribution in [0.15, 0.2) is 66.7 Å². The molecule has 34 heavy (non-hydrogen) atoms. The first-order valence-corrected chi connectivity index (χ1v) is 11.2. The van der Waals surface area contributed by atoms with Gasteiger partial charge in [-0.2, -0.15) is 0 Å². The van der Waals surface area contributed by atoms with Crippen molar-refractivity contribution < 1.29 is 29.3 Å². The zero-order valence-electron chi connectivity index (χ0n) is 19.5. The summed E-state index contributed by atoms with van der Waals surface area (Å²) in [5.74, 6) is -0.160. The molecule has 0 amide bonds. The Hall–Kier alpha value is -3.80. The van der Waals surface area contributed by atoms with Gasteiger partial charge in [0.1, 0.15) is 11.6 Å². The average Bonchev–Trinajstić information content (AvgIpc) is 2.86. The Bertz CT molecular complexity index is 1050. The second-order valence-electron chi connectivity index (χ2n) is 8.19. The zero-order chi connectivity index (χ0) is 24.5. The van der Waals surface area contributed by atoms with Crippen LogP contribution in [0.2, 0.25) is 0 Å². The van der Waals surface area contributed by atoms with Gasteiger partial charge >= 0.3 is 0 Å². The van der Waals surface area contributed by atoms with Gasteiger partial charge in [0.25, 0.3) is 0 Å². The molecule has 0 saturated heterocycles. The van der Waals surface area contributed by atoms with E-state index in [-0.39, 0.29) is 35.9 Å². The highest BCUT2D eigenvalue weighted by molar-refractivity contribution is 6.02. The van der Waals surface area contributed by atoms with Crippen LogP contribution in [0.3, 0.4) is 0 Å². The van der Waals surface area contributed by atoms with Crippen molar-refractivity contribution in [3.63, 3.8) is 0 Å². The Morgan fingerprint density at radius 3 is 1.62 bits per heavy atom. The number of phenols is 2. The van der Waals surface area contributed by atoms with Gasteiger partial charge in [0.2, 0.25) is 0 Å². The number of ketones is 2. The smallest absolute Gasteiger partial charge is 0.160 e. The van der Waals surface area contributed by atoms with Crippen molar-refractivity contribution in [2.45, 2.75) is 32.1 Å². The van der Waals surface area contributed by atoms with E-state index in [9.17, 15) is 19.8 Å². The minimum Gasteiger partial charge on any atom is -0.504 e. The van der Waals surface area contributed by atoms with Crippen LogP contribution in [0.1, 0.15) is 29.5 Å². The molecule has 3 rings (SSSR count). The highest BCUT2D eigenvalue weighted by Crippen LogP contribution is 2.28. The lowest BCUT2D eigenvalue weighted by molar-refractivity contribution is -0.132. The first-order valence-electron chi connectivity index (χ1n) is 11.2. The number of carbonyl (C=O) groups is 2. The fraction of sp³-hybridized carbons (Fsp3) is 0.286. The second-order valence-corrected chi connectivity index (χ2v) is 8.19. The van der Waals surface area contributed by atoms with E-state index in [2.05, 4.69) is 0 Å². The zero-order valence-corrected chi connectivity index (χ0v) is 19.5. The van der Waals surface area contributed by atoms with Gasteiger partial charge in [-0.1, -0.05) is 42.5 Å². The molecule has 3 aromatic rings. The topological polar surface area (TPSA) is 93.1 Å². The van der Waals surface area contributed by atoms with Gasteiger partial charge in [-0.15, -0.1) is 0 Å². The van der Waals surface area contributed by atoms with Gasteiger partial charge < -0.3 is 19.7 Å². The molecule has 0 spiro atoms. The van der Waals surface area contributed by atoms with Gasteiger partial charge in [0.05, 0.1) is 20.1 Å². The molecule has 0 fully saturated rings. The molecule has 0 radical (unpaired) electrons. The summed E-state index contributed by atoms with van der Waals surface area (Å²) in [4.78, 5) is 26.4. The maximum absolute atomic E-state index is 13.2. The van der Waals surface area contributed by atoms with Crippen molar-refractivity contribution in [2.24, 2.45) is 5.92 Å². The monoisotopic (exact) mass is 462 g/mol. The lowest BCUT2D eigenvalue weighted by Crippen LogP contribution is -2.27. The van der Waals surface area contributed by atoms with E-state index in [0.717, 1.165) is 16.7 Å². The van der Waals surface area contributed by atoms with Crippen LogP contribution < -0.4 is 9.47 Å². The Morgan fingerprint density at radius 2 is 1.18 bits per heavy atom. The number of benzene rings is 3. The van der Waals surface area contributed by atoms with Gasteiger partial charge in [0.15, 0.2) is 23.0 Å². The standard InChI is InChI=1S/C28H30O6/c1-33-27-17-20(10-14-25(27)31)8-12-23(29)22(16-19-6-4-3-5-7-19)24(30)13-9-21-11-15-26(32)28(18-21)34-2/h3-7,10-11,14-15,17-18,22,31-32H,8-9,12-13,16H2,1-2H3. The predicted octanol–water partition coefficient (Wildman–Crippen LogP) is 4.68. The van der Waals surface area contributed by atoms with E-state index in [4.69, 9.17) is 9.47 Å². The molecule has 2 N–H and O–H groups in total. The largest absolute Gasteiger partial charge is 0.504 e. The number of phenolic OH excluding ortho intramolecular Hbond substituents is 2. The molecule has 0 aliphatic rings. The van der Waals surface area contributed by atoms with Crippen molar-refractivity contribution in [3.8, 4) is 23.0 Å². The van der Waals surface area contributed by atoms with Crippen LogP contribution in [0.5, 0.6) is 23.0 Å². The van der Waals surface area contributed by atoms with Crippen molar-refractivity contribution in [1.82, 2.24) is 0 Å². The quantitative estimate of drug-likeness (QED) is 0.380. The van der Waals surface area contributed by atoms with Crippen molar-refractivity contribution >= 4 is 11.6 Å². The van der Waals surface area contributed by atoms with Gasteiger partial charge in [-0.05, 0) is 60.2 Å². The van der Waals surface area contributed by atoms with Crippen LogP contribution in [0.4, 0.5) is 0 Å². The molecule has 0 aliphatic heterocycles. The predicted molar refractivity (Wildman–Crippen MR) is 130 cm³/mol. The minimum atomic E-state index is -0.736. The SMILES string of the molecule is COc1cc(CCC(=O)C(Cc2ccccc2)C(=O)CCc2ccc(O)c(OC)c2)ccc1O. The first kappa shape index (κ1) is 24.8. The van der Waals surface area contributed by atoms with Crippen molar-refractivity contribution in [3.05, 3.63) is 83.4 Å². The molecule has 0 bridgehead atoms. The Labute approximate surface area is 199 Å². The molecule has 0 heterocycles. The number of ether oxygens (including phenoxy) is 2. The molecular formula is C28H30O6. The van der Waals surface area contributed by atoms with E-state index in [0.29, 0.717) is 30.8 Å². The third-order valence-electron chi connectivity index (χ3n) is 5.87. The molecule has 3 aromatic carbocycles. The average molecular weight is 463 g/mol. The van der Waals surface area contributed by atoms with Crippen molar-refractivity contribution in [1.29, 1.82) is 0 Å². The molecule has 0 atom stereocenters. The maximum Gasteiger partial charge on any atom is 0.160 e. The van der Waals surface area contributed by atoms with Crippen LogP contribution in [0.25, 0.3) is 0 Å². The summed E-state index contributed by atoms with van der Waals surface area (Å²) in [6.45, 7) is 0. The number of Topliss-reactive ketones (excluding diaryl/α,β-unsaturated/α-hetero) is 2. The molecule has 6 heteroatoms. The number of aromatic hydroxyl groups is 2. The number of methoxy groups -OCH3 is 2. The molecular weight excluding hydrogens is 432 g/mol. The third kappa shape index (κ3) is 6.61. The molecule has 0 aromatic heterocycles. The van der Waals surface area contributed by atoms with E-state index in [1.54, 1.807) is 24.3 Å². The number of aryl methyl sites for hydroxylation is 2. The summed E-state index contributed by atoms with van der Waals surface area (Å²) in [6.07, 6.45) is 1.68. The lowest BCUT2D eigenvalue weighted by atomic mass is 9.86. The number of hydrogen-bond donors (Lipinski definition) is 2. The minimum absolute atomic E-state index is 0.0422. The summed E-state index contributed by atoms with van der Waals surface area (Å²) < 4.78 is 10.3. The normalized spacial score (nSPS) is 10.8.